The topological polar surface area (TPSA) is 79.5 Å². The normalized spacial score (nSPS) is 24.1. The number of hydrogen-bond acceptors (Lipinski definition) is 5. The van der Waals surface area contributed by atoms with E-state index in [9.17, 15) is 15.2 Å². The summed E-state index contributed by atoms with van der Waals surface area (Å²) in [5.41, 5.74) is -0.0412. The number of aliphatic hydroxyl groups is 1. The van der Waals surface area contributed by atoms with Gasteiger partial charge in [-0.25, -0.2) is 4.98 Å². The van der Waals surface area contributed by atoms with Crippen molar-refractivity contribution in [2.75, 3.05) is 18.0 Å². The molecule has 0 radical (unpaired) electrons. The number of β-amino-alcohol motifs (C(OH)–C–C–N with tert-alkyl or cyclic N) is 1. The molecule has 2 heterocycles. The van der Waals surface area contributed by atoms with Gasteiger partial charge in [0.2, 0.25) is 5.82 Å². The molecule has 1 aliphatic heterocycles. The Morgan fingerprint density at radius 3 is 2.94 bits per heavy atom. The summed E-state index contributed by atoms with van der Waals surface area (Å²) < 4.78 is 0. The lowest BCUT2D eigenvalue weighted by molar-refractivity contribution is -0.384. The van der Waals surface area contributed by atoms with Crippen molar-refractivity contribution in [2.24, 2.45) is 0 Å². The van der Waals surface area contributed by atoms with Gasteiger partial charge in [-0.05, 0) is 32.3 Å². The molecular formula is C12H17N3O3. The Morgan fingerprint density at radius 1 is 1.61 bits per heavy atom. The zero-order valence-corrected chi connectivity index (χ0v) is 10.6. The Morgan fingerprint density at radius 2 is 2.33 bits per heavy atom. The van der Waals surface area contributed by atoms with Crippen molar-refractivity contribution in [2.45, 2.75) is 32.3 Å². The lowest BCUT2D eigenvalue weighted by Crippen LogP contribution is -2.46. The third-order valence-electron chi connectivity index (χ3n) is 3.16. The summed E-state index contributed by atoms with van der Waals surface area (Å²) in [6.07, 6.45) is 3.13. The quantitative estimate of drug-likeness (QED) is 0.638. The van der Waals surface area contributed by atoms with Gasteiger partial charge in [0.05, 0.1) is 10.5 Å². The Hall–Kier alpha value is -1.69. The van der Waals surface area contributed by atoms with Crippen LogP contribution in [-0.2, 0) is 0 Å². The minimum Gasteiger partial charge on any atom is -0.388 e. The predicted molar refractivity (Wildman–Crippen MR) is 67.7 cm³/mol. The van der Waals surface area contributed by atoms with Gasteiger partial charge in [-0.15, -0.1) is 0 Å². The highest BCUT2D eigenvalue weighted by Crippen LogP contribution is 2.31. The summed E-state index contributed by atoms with van der Waals surface area (Å²) in [4.78, 5) is 16.6. The van der Waals surface area contributed by atoms with Gasteiger partial charge in [-0.2, -0.15) is 0 Å². The van der Waals surface area contributed by atoms with Crippen LogP contribution in [0.25, 0.3) is 0 Å². The molecule has 0 amide bonds. The van der Waals surface area contributed by atoms with E-state index in [1.54, 1.807) is 24.9 Å². The SMILES string of the molecule is Cc1cnc(N2CCCC(C)(O)C2)c([N+](=O)[O-])c1. The van der Waals surface area contributed by atoms with Gasteiger partial charge in [-0.1, -0.05) is 0 Å². The molecule has 1 atom stereocenters. The first-order valence-electron chi connectivity index (χ1n) is 5.97. The second-order valence-corrected chi connectivity index (χ2v) is 5.13. The lowest BCUT2D eigenvalue weighted by atomic mass is 9.95. The van der Waals surface area contributed by atoms with E-state index in [4.69, 9.17) is 0 Å². The molecule has 0 spiro atoms. The molecule has 0 aliphatic carbocycles. The molecule has 2 rings (SSSR count). The Balaban J connectivity index is 2.35. The molecule has 1 aromatic rings. The molecule has 1 aromatic heterocycles. The van der Waals surface area contributed by atoms with Crippen LogP contribution in [0.1, 0.15) is 25.3 Å². The van der Waals surface area contributed by atoms with Crippen LogP contribution in [0.2, 0.25) is 0 Å². The average Bonchev–Trinajstić information content (AvgIpc) is 2.27. The maximum Gasteiger partial charge on any atom is 0.311 e. The number of rotatable bonds is 2. The van der Waals surface area contributed by atoms with Crippen LogP contribution in [-0.4, -0.2) is 33.7 Å². The molecule has 1 unspecified atom stereocenters. The smallest absolute Gasteiger partial charge is 0.311 e. The fourth-order valence-corrected chi connectivity index (χ4v) is 2.33. The van der Waals surface area contributed by atoms with Crippen LogP contribution in [0.5, 0.6) is 0 Å². The zero-order chi connectivity index (χ0) is 13.3. The van der Waals surface area contributed by atoms with Crippen molar-refractivity contribution >= 4 is 11.5 Å². The molecular weight excluding hydrogens is 234 g/mol. The maximum absolute atomic E-state index is 11.1. The van der Waals surface area contributed by atoms with E-state index in [0.29, 0.717) is 25.3 Å². The van der Waals surface area contributed by atoms with Crippen LogP contribution < -0.4 is 4.90 Å². The van der Waals surface area contributed by atoms with E-state index >= 15 is 0 Å². The van der Waals surface area contributed by atoms with Crippen molar-refractivity contribution < 1.29 is 10.0 Å². The van der Waals surface area contributed by atoms with Crippen molar-refractivity contribution in [3.05, 3.63) is 27.9 Å². The third-order valence-corrected chi connectivity index (χ3v) is 3.16. The fourth-order valence-electron chi connectivity index (χ4n) is 2.33. The highest BCUT2D eigenvalue weighted by Gasteiger charge is 2.32. The maximum atomic E-state index is 11.1. The number of anilines is 1. The molecule has 6 nitrogen and oxygen atoms in total. The van der Waals surface area contributed by atoms with Gasteiger partial charge in [0.1, 0.15) is 0 Å². The summed E-state index contributed by atoms with van der Waals surface area (Å²) in [5.74, 6) is 0.352. The van der Waals surface area contributed by atoms with Gasteiger partial charge >= 0.3 is 5.69 Å². The van der Waals surface area contributed by atoms with E-state index in [2.05, 4.69) is 4.98 Å². The summed E-state index contributed by atoms with van der Waals surface area (Å²) in [6.45, 7) is 4.59. The molecule has 0 aromatic carbocycles. The summed E-state index contributed by atoms with van der Waals surface area (Å²) in [6, 6.07) is 1.52. The van der Waals surface area contributed by atoms with Crippen LogP contribution in [0.3, 0.4) is 0 Å². The van der Waals surface area contributed by atoms with Crippen molar-refractivity contribution in [1.29, 1.82) is 0 Å². The van der Waals surface area contributed by atoms with Gasteiger partial charge in [0, 0.05) is 25.4 Å². The molecule has 1 saturated heterocycles. The highest BCUT2D eigenvalue weighted by atomic mass is 16.6. The second kappa shape index (κ2) is 4.53. The van der Waals surface area contributed by atoms with Crippen LogP contribution in [0, 0.1) is 17.0 Å². The Kier molecular flexibility index (Phi) is 3.21. The van der Waals surface area contributed by atoms with E-state index < -0.39 is 10.5 Å². The number of nitro groups is 1. The van der Waals surface area contributed by atoms with Crippen molar-refractivity contribution in [1.82, 2.24) is 4.98 Å². The van der Waals surface area contributed by atoms with Crippen LogP contribution in [0.15, 0.2) is 12.3 Å². The summed E-state index contributed by atoms with van der Waals surface area (Å²) in [5, 5.41) is 21.1. The molecule has 98 valence electrons. The van der Waals surface area contributed by atoms with E-state index in [0.717, 1.165) is 12.0 Å². The molecule has 0 saturated carbocycles. The summed E-state index contributed by atoms with van der Waals surface area (Å²) >= 11 is 0. The fraction of sp³-hybridized carbons (Fsp3) is 0.583. The lowest BCUT2D eigenvalue weighted by Gasteiger charge is -2.37. The second-order valence-electron chi connectivity index (χ2n) is 5.13. The van der Waals surface area contributed by atoms with Gasteiger partial charge in [0.15, 0.2) is 0 Å². The van der Waals surface area contributed by atoms with E-state index in [-0.39, 0.29) is 5.69 Å². The first-order valence-corrected chi connectivity index (χ1v) is 5.97. The molecule has 6 heteroatoms. The van der Waals surface area contributed by atoms with Crippen LogP contribution in [0.4, 0.5) is 11.5 Å². The van der Waals surface area contributed by atoms with E-state index in [1.807, 2.05) is 0 Å². The molecule has 0 bridgehead atoms. The minimum absolute atomic E-state index is 0.00713. The Labute approximate surface area is 105 Å². The highest BCUT2D eigenvalue weighted by molar-refractivity contribution is 5.59. The summed E-state index contributed by atoms with van der Waals surface area (Å²) in [7, 11) is 0. The van der Waals surface area contributed by atoms with Gasteiger partial charge in [-0.3, -0.25) is 10.1 Å². The number of aryl methyl sites for hydroxylation is 1. The van der Waals surface area contributed by atoms with Gasteiger partial charge < -0.3 is 10.0 Å². The predicted octanol–water partition coefficient (Wildman–Crippen LogP) is 1.65. The number of piperidine rings is 1. The Bertz CT molecular complexity index is 474. The number of nitrogens with zero attached hydrogens (tertiary/aromatic N) is 3. The first kappa shape index (κ1) is 12.8. The largest absolute Gasteiger partial charge is 0.388 e. The minimum atomic E-state index is -0.807. The van der Waals surface area contributed by atoms with Crippen LogP contribution >= 0.6 is 0 Å². The first-order chi connectivity index (χ1) is 8.39. The molecule has 1 fully saturated rings. The molecule has 1 aliphatic rings. The zero-order valence-electron chi connectivity index (χ0n) is 10.6. The standard InChI is InChI=1S/C12H17N3O3/c1-9-6-10(15(17)18)11(13-7-9)14-5-3-4-12(2,16)8-14/h6-7,16H,3-5,8H2,1-2H3. The van der Waals surface area contributed by atoms with Crippen molar-refractivity contribution in [3.63, 3.8) is 0 Å². The van der Waals surface area contributed by atoms with Gasteiger partial charge in [0.25, 0.3) is 0 Å². The molecule has 18 heavy (non-hydrogen) atoms. The van der Waals surface area contributed by atoms with Crippen molar-refractivity contribution in [3.8, 4) is 0 Å². The van der Waals surface area contributed by atoms with E-state index in [1.165, 1.54) is 6.07 Å². The molecule has 1 N–H and O–H groups in total. The third kappa shape index (κ3) is 2.59. The monoisotopic (exact) mass is 251 g/mol. The average molecular weight is 251 g/mol. The number of hydrogen-bond donors (Lipinski definition) is 1. The number of aromatic nitrogens is 1. The number of pyridine rings is 1.